The first-order valence-corrected chi connectivity index (χ1v) is 11.6. The van der Waals surface area contributed by atoms with Crippen molar-refractivity contribution in [2.45, 2.75) is 38.1 Å². The fraction of sp³-hybridized carbons (Fsp3) is 0.429. The Bertz CT molecular complexity index is 863. The van der Waals surface area contributed by atoms with E-state index in [9.17, 15) is 9.59 Å². The molecule has 1 amide bonds. The van der Waals surface area contributed by atoms with E-state index in [0.717, 1.165) is 47.8 Å². The van der Waals surface area contributed by atoms with Crippen LogP contribution in [0.2, 0.25) is 0 Å². The molecule has 1 aromatic heterocycles. The Balaban J connectivity index is 1.93. The number of hydrogen-bond acceptors (Lipinski definition) is 6. The first-order valence-electron chi connectivity index (χ1n) is 9.57. The van der Waals surface area contributed by atoms with Crippen molar-refractivity contribution < 1.29 is 14.3 Å². The molecule has 7 heteroatoms. The minimum Gasteiger partial charge on any atom is -0.462 e. The zero-order valence-corrected chi connectivity index (χ0v) is 18.2. The van der Waals surface area contributed by atoms with Crippen LogP contribution in [0.4, 0.5) is 5.00 Å². The van der Waals surface area contributed by atoms with Crippen LogP contribution in [-0.4, -0.2) is 42.7 Å². The van der Waals surface area contributed by atoms with Crippen molar-refractivity contribution in [1.82, 2.24) is 4.90 Å². The smallest absolute Gasteiger partial charge is 0.341 e. The molecule has 5 nitrogen and oxygen atoms in total. The highest BCUT2D eigenvalue weighted by molar-refractivity contribution is 7.98. The molecule has 1 aliphatic rings. The molecule has 0 unspecified atom stereocenters. The Morgan fingerprint density at radius 3 is 2.79 bits per heavy atom. The molecule has 28 heavy (non-hydrogen) atoms. The molecular weight excluding hydrogens is 392 g/mol. The molecule has 1 aliphatic heterocycles. The standard InChI is InChI=1S/C21H26N2O3S2/c1-4-11-23-12-10-14-17(13-23)28-20(18(14)21(25)26-5-2)22-19(24)15-8-6-7-9-16(15)27-3/h6-9H,4-5,10-13H2,1-3H3,(H,22,24). The van der Waals surface area contributed by atoms with Gasteiger partial charge in [0.05, 0.1) is 17.7 Å². The van der Waals surface area contributed by atoms with Crippen molar-refractivity contribution in [3.8, 4) is 0 Å². The summed E-state index contributed by atoms with van der Waals surface area (Å²) in [6.07, 6.45) is 3.85. The topological polar surface area (TPSA) is 58.6 Å². The van der Waals surface area contributed by atoms with Gasteiger partial charge in [0.25, 0.3) is 5.91 Å². The number of hydrogen-bond donors (Lipinski definition) is 1. The van der Waals surface area contributed by atoms with E-state index in [1.807, 2.05) is 30.5 Å². The minimum absolute atomic E-state index is 0.195. The maximum Gasteiger partial charge on any atom is 0.341 e. The monoisotopic (exact) mass is 418 g/mol. The van der Waals surface area contributed by atoms with Crippen LogP contribution < -0.4 is 5.32 Å². The summed E-state index contributed by atoms with van der Waals surface area (Å²) in [5.41, 5.74) is 2.18. The summed E-state index contributed by atoms with van der Waals surface area (Å²) >= 11 is 3.03. The number of thioether (sulfide) groups is 1. The molecule has 0 saturated carbocycles. The zero-order chi connectivity index (χ0) is 20.1. The van der Waals surface area contributed by atoms with Crippen LogP contribution in [0, 0.1) is 0 Å². The maximum absolute atomic E-state index is 12.9. The minimum atomic E-state index is -0.350. The summed E-state index contributed by atoms with van der Waals surface area (Å²) in [6, 6.07) is 7.50. The molecule has 0 atom stereocenters. The average molecular weight is 419 g/mol. The van der Waals surface area contributed by atoms with Crippen molar-refractivity contribution in [3.05, 3.63) is 45.8 Å². The van der Waals surface area contributed by atoms with Gasteiger partial charge in [0.1, 0.15) is 5.00 Å². The van der Waals surface area contributed by atoms with Crippen LogP contribution in [0.3, 0.4) is 0 Å². The lowest BCUT2D eigenvalue weighted by molar-refractivity contribution is 0.0526. The molecule has 2 heterocycles. The number of nitrogens with one attached hydrogen (secondary N) is 1. The summed E-state index contributed by atoms with van der Waals surface area (Å²) in [7, 11) is 0. The van der Waals surface area contributed by atoms with E-state index in [1.54, 1.807) is 6.92 Å². The SMILES string of the molecule is CCCN1CCc2c(sc(NC(=O)c3ccccc3SC)c2C(=O)OCC)C1. The van der Waals surface area contributed by atoms with Crippen LogP contribution in [0.5, 0.6) is 0 Å². The third-order valence-electron chi connectivity index (χ3n) is 4.73. The molecule has 1 aromatic carbocycles. The van der Waals surface area contributed by atoms with Gasteiger partial charge in [0, 0.05) is 22.9 Å². The van der Waals surface area contributed by atoms with E-state index in [0.29, 0.717) is 22.7 Å². The zero-order valence-electron chi connectivity index (χ0n) is 16.5. The number of carbonyl (C=O) groups excluding carboxylic acids is 2. The fourth-order valence-electron chi connectivity index (χ4n) is 3.47. The van der Waals surface area contributed by atoms with Gasteiger partial charge in [0.15, 0.2) is 0 Å². The first-order chi connectivity index (χ1) is 13.6. The molecule has 0 aliphatic carbocycles. The molecule has 0 radical (unpaired) electrons. The lowest BCUT2D eigenvalue weighted by atomic mass is 10.0. The van der Waals surface area contributed by atoms with Crippen LogP contribution >= 0.6 is 23.1 Å². The number of thiophene rings is 1. The van der Waals surface area contributed by atoms with Crippen molar-refractivity contribution in [3.63, 3.8) is 0 Å². The van der Waals surface area contributed by atoms with E-state index in [-0.39, 0.29) is 11.9 Å². The predicted molar refractivity (Wildman–Crippen MR) is 116 cm³/mol. The summed E-state index contributed by atoms with van der Waals surface area (Å²) in [5.74, 6) is -0.545. The number of carbonyl (C=O) groups is 2. The van der Waals surface area contributed by atoms with Crippen molar-refractivity contribution in [1.29, 1.82) is 0 Å². The highest BCUT2D eigenvalue weighted by Crippen LogP contribution is 2.38. The highest BCUT2D eigenvalue weighted by atomic mass is 32.2. The molecule has 150 valence electrons. The Labute approximate surface area is 174 Å². The molecule has 0 bridgehead atoms. The van der Waals surface area contributed by atoms with Crippen LogP contribution in [0.1, 0.15) is 51.4 Å². The van der Waals surface area contributed by atoms with Gasteiger partial charge in [-0.3, -0.25) is 9.69 Å². The van der Waals surface area contributed by atoms with E-state index in [4.69, 9.17) is 4.74 Å². The Hall–Kier alpha value is -1.83. The Morgan fingerprint density at radius 2 is 2.07 bits per heavy atom. The normalized spacial score (nSPS) is 13.8. The molecule has 2 aromatic rings. The first kappa shape index (κ1) is 20.9. The number of ether oxygens (including phenoxy) is 1. The number of esters is 1. The second kappa shape index (κ2) is 9.58. The fourth-order valence-corrected chi connectivity index (χ4v) is 5.34. The lowest BCUT2D eigenvalue weighted by Crippen LogP contribution is -2.30. The molecule has 3 rings (SSSR count). The number of nitrogens with zero attached hydrogens (tertiary/aromatic N) is 1. The Morgan fingerprint density at radius 1 is 1.29 bits per heavy atom. The summed E-state index contributed by atoms with van der Waals surface area (Å²) in [6.45, 7) is 7.06. The van der Waals surface area contributed by atoms with E-state index in [2.05, 4.69) is 17.1 Å². The third kappa shape index (κ3) is 4.42. The largest absolute Gasteiger partial charge is 0.462 e. The maximum atomic E-state index is 12.9. The van der Waals surface area contributed by atoms with Crippen molar-refractivity contribution >= 4 is 40.0 Å². The van der Waals surface area contributed by atoms with Crippen LogP contribution in [0.15, 0.2) is 29.2 Å². The second-order valence-corrected chi connectivity index (χ2v) is 8.56. The average Bonchev–Trinajstić information content (AvgIpc) is 3.05. The van der Waals surface area contributed by atoms with Gasteiger partial charge in [-0.2, -0.15) is 0 Å². The van der Waals surface area contributed by atoms with Gasteiger partial charge < -0.3 is 10.1 Å². The van der Waals surface area contributed by atoms with E-state index >= 15 is 0 Å². The summed E-state index contributed by atoms with van der Waals surface area (Å²) in [5, 5.41) is 3.59. The number of rotatable bonds is 7. The number of benzene rings is 1. The Kier molecular flexibility index (Phi) is 7.15. The summed E-state index contributed by atoms with van der Waals surface area (Å²) < 4.78 is 5.30. The molecule has 0 fully saturated rings. The lowest BCUT2D eigenvalue weighted by Gasteiger charge is -2.26. The van der Waals surface area contributed by atoms with Crippen molar-refractivity contribution in [2.75, 3.05) is 31.3 Å². The third-order valence-corrected chi connectivity index (χ3v) is 6.66. The van der Waals surface area contributed by atoms with Gasteiger partial charge in [0.2, 0.25) is 0 Å². The second-order valence-electron chi connectivity index (χ2n) is 6.61. The molecule has 1 N–H and O–H groups in total. The van der Waals surface area contributed by atoms with Gasteiger partial charge in [-0.1, -0.05) is 19.1 Å². The van der Waals surface area contributed by atoms with Crippen molar-refractivity contribution in [2.24, 2.45) is 0 Å². The van der Waals surface area contributed by atoms with Gasteiger partial charge >= 0.3 is 5.97 Å². The van der Waals surface area contributed by atoms with Gasteiger partial charge in [-0.25, -0.2) is 4.79 Å². The quantitative estimate of drug-likeness (QED) is 0.523. The van der Waals surface area contributed by atoms with Crippen LogP contribution in [-0.2, 0) is 17.7 Å². The molecule has 0 spiro atoms. The van der Waals surface area contributed by atoms with Crippen LogP contribution in [0.25, 0.3) is 0 Å². The van der Waals surface area contributed by atoms with Gasteiger partial charge in [-0.15, -0.1) is 23.1 Å². The number of anilines is 1. The predicted octanol–water partition coefficient (Wildman–Crippen LogP) is 4.67. The summed E-state index contributed by atoms with van der Waals surface area (Å²) in [4.78, 5) is 30.0. The number of amides is 1. The van der Waals surface area contributed by atoms with Gasteiger partial charge in [-0.05, 0) is 50.3 Å². The molecule has 0 saturated heterocycles. The van der Waals surface area contributed by atoms with E-state index < -0.39 is 0 Å². The highest BCUT2D eigenvalue weighted by Gasteiger charge is 2.29. The number of fused-ring (bicyclic) bond motifs is 1. The van der Waals surface area contributed by atoms with E-state index in [1.165, 1.54) is 23.1 Å². The molecular formula is C21H26N2O3S2.